The van der Waals surface area contributed by atoms with Gasteiger partial charge in [0.25, 0.3) is 0 Å². The van der Waals surface area contributed by atoms with Crippen molar-refractivity contribution in [3.8, 4) is 0 Å². The molecule has 2 rings (SSSR count). The van der Waals surface area contributed by atoms with Crippen molar-refractivity contribution in [1.82, 2.24) is 9.88 Å². The van der Waals surface area contributed by atoms with Crippen molar-refractivity contribution in [1.29, 1.82) is 0 Å². The first kappa shape index (κ1) is 14.6. The van der Waals surface area contributed by atoms with Crippen LogP contribution in [0.3, 0.4) is 0 Å². The van der Waals surface area contributed by atoms with E-state index in [1.54, 1.807) is 4.90 Å². The van der Waals surface area contributed by atoms with Crippen molar-refractivity contribution in [3.05, 3.63) is 35.7 Å². The third-order valence-corrected chi connectivity index (χ3v) is 3.10. The van der Waals surface area contributed by atoms with Crippen LogP contribution < -0.4 is 0 Å². The molecule has 1 aliphatic rings. The summed E-state index contributed by atoms with van der Waals surface area (Å²) in [6.45, 7) is 8.93. The molecule has 0 saturated heterocycles. The van der Waals surface area contributed by atoms with E-state index in [-0.39, 0.29) is 6.09 Å². The first-order valence-corrected chi connectivity index (χ1v) is 6.95. The molecule has 2 heterocycles. The standard InChI is InChI=1S/C16H22N2O2/c1-12-5-6-14(17-11-12)13-7-9-18(10-8-13)15(19)20-16(2,3)4/h5-7,11H,8-10H2,1-4H3. The zero-order valence-electron chi connectivity index (χ0n) is 12.6. The summed E-state index contributed by atoms with van der Waals surface area (Å²) >= 11 is 0. The van der Waals surface area contributed by atoms with Gasteiger partial charge in [0.2, 0.25) is 0 Å². The molecule has 0 fully saturated rings. The highest BCUT2D eigenvalue weighted by molar-refractivity contribution is 5.71. The number of pyridine rings is 1. The number of hydrogen-bond donors (Lipinski definition) is 0. The Balaban J connectivity index is 2.00. The minimum absolute atomic E-state index is 0.246. The zero-order valence-corrected chi connectivity index (χ0v) is 12.6. The SMILES string of the molecule is Cc1ccc(C2=CCN(C(=O)OC(C)(C)C)CC2)nc1. The molecule has 4 heteroatoms. The van der Waals surface area contributed by atoms with E-state index in [4.69, 9.17) is 4.74 Å². The maximum Gasteiger partial charge on any atom is 0.410 e. The quantitative estimate of drug-likeness (QED) is 0.788. The molecule has 0 bridgehead atoms. The summed E-state index contributed by atoms with van der Waals surface area (Å²) in [5, 5.41) is 0. The van der Waals surface area contributed by atoms with Crippen LogP contribution in [0, 0.1) is 6.92 Å². The Bertz CT molecular complexity index is 512. The number of carbonyl (C=O) groups excluding carboxylic acids is 1. The van der Waals surface area contributed by atoms with Gasteiger partial charge >= 0.3 is 6.09 Å². The fraction of sp³-hybridized carbons (Fsp3) is 0.500. The molecule has 0 spiro atoms. The Hall–Kier alpha value is -1.84. The van der Waals surface area contributed by atoms with Gasteiger partial charge in [-0.15, -0.1) is 0 Å². The first-order valence-electron chi connectivity index (χ1n) is 6.95. The molecular weight excluding hydrogens is 252 g/mol. The number of aryl methyl sites for hydroxylation is 1. The lowest BCUT2D eigenvalue weighted by Gasteiger charge is -2.29. The van der Waals surface area contributed by atoms with Gasteiger partial charge in [0.05, 0.1) is 5.69 Å². The molecule has 4 nitrogen and oxygen atoms in total. The number of nitrogens with zero attached hydrogens (tertiary/aromatic N) is 2. The molecule has 0 aromatic carbocycles. The molecule has 0 N–H and O–H groups in total. The average molecular weight is 274 g/mol. The highest BCUT2D eigenvalue weighted by Crippen LogP contribution is 2.22. The van der Waals surface area contributed by atoms with Gasteiger partial charge < -0.3 is 9.64 Å². The van der Waals surface area contributed by atoms with Gasteiger partial charge in [-0.25, -0.2) is 4.79 Å². The lowest BCUT2D eigenvalue weighted by molar-refractivity contribution is 0.0270. The van der Waals surface area contributed by atoms with Gasteiger partial charge in [0, 0.05) is 19.3 Å². The average Bonchev–Trinajstić information content (AvgIpc) is 2.38. The van der Waals surface area contributed by atoms with E-state index in [9.17, 15) is 4.79 Å². The Morgan fingerprint density at radius 1 is 1.35 bits per heavy atom. The van der Waals surface area contributed by atoms with Crippen LogP contribution in [0.25, 0.3) is 5.57 Å². The monoisotopic (exact) mass is 274 g/mol. The van der Waals surface area contributed by atoms with Gasteiger partial charge in [-0.3, -0.25) is 4.98 Å². The summed E-state index contributed by atoms with van der Waals surface area (Å²) in [5.41, 5.74) is 2.91. The second kappa shape index (κ2) is 5.65. The van der Waals surface area contributed by atoms with E-state index >= 15 is 0 Å². The van der Waals surface area contributed by atoms with Crippen LogP contribution in [0.4, 0.5) is 4.79 Å². The third kappa shape index (κ3) is 3.83. The summed E-state index contributed by atoms with van der Waals surface area (Å²) in [6.07, 6.45) is 4.50. The van der Waals surface area contributed by atoms with Gasteiger partial charge in [0.1, 0.15) is 5.60 Å². The normalized spacial score (nSPS) is 15.8. The Kier molecular flexibility index (Phi) is 4.12. The molecule has 1 aliphatic heterocycles. The van der Waals surface area contributed by atoms with E-state index in [1.165, 1.54) is 5.57 Å². The van der Waals surface area contributed by atoms with Crippen molar-refractivity contribution in [2.75, 3.05) is 13.1 Å². The molecule has 1 aromatic heterocycles. The molecule has 0 aliphatic carbocycles. The van der Waals surface area contributed by atoms with Crippen LogP contribution in [0.15, 0.2) is 24.4 Å². The van der Waals surface area contributed by atoms with Gasteiger partial charge in [-0.1, -0.05) is 12.1 Å². The number of amides is 1. The van der Waals surface area contributed by atoms with Crippen molar-refractivity contribution < 1.29 is 9.53 Å². The minimum Gasteiger partial charge on any atom is -0.444 e. The second-order valence-corrected chi connectivity index (χ2v) is 6.13. The molecule has 0 radical (unpaired) electrons. The molecule has 108 valence electrons. The number of ether oxygens (including phenoxy) is 1. The van der Waals surface area contributed by atoms with Crippen molar-refractivity contribution in [2.24, 2.45) is 0 Å². The van der Waals surface area contributed by atoms with Crippen LogP contribution >= 0.6 is 0 Å². The van der Waals surface area contributed by atoms with E-state index in [1.807, 2.05) is 40.0 Å². The number of rotatable bonds is 1. The number of carbonyl (C=O) groups is 1. The number of hydrogen-bond acceptors (Lipinski definition) is 3. The molecule has 20 heavy (non-hydrogen) atoms. The maximum atomic E-state index is 12.0. The van der Waals surface area contributed by atoms with Crippen LogP contribution in [-0.2, 0) is 4.74 Å². The zero-order chi connectivity index (χ0) is 14.8. The van der Waals surface area contributed by atoms with Gasteiger partial charge in [0.15, 0.2) is 0 Å². The van der Waals surface area contributed by atoms with E-state index < -0.39 is 5.60 Å². The highest BCUT2D eigenvalue weighted by atomic mass is 16.6. The minimum atomic E-state index is -0.445. The molecule has 0 unspecified atom stereocenters. The Labute approximate surface area is 120 Å². The molecule has 0 atom stereocenters. The van der Waals surface area contributed by atoms with Crippen molar-refractivity contribution >= 4 is 11.7 Å². The lowest BCUT2D eigenvalue weighted by Crippen LogP contribution is -2.39. The molecular formula is C16H22N2O2. The van der Waals surface area contributed by atoms with Crippen molar-refractivity contribution in [3.63, 3.8) is 0 Å². The fourth-order valence-electron chi connectivity index (χ4n) is 2.05. The summed E-state index contributed by atoms with van der Waals surface area (Å²) in [4.78, 5) is 18.1. The topological polar surface area (TPSA) is 42.4 Å². The van der Waals surface area contributed by atoms with Crippen LogP contribution in [0.1, 0.15) is 38.4 Å². The summed E-state index contributed by atoms with van der Waals surface area (Å²) in [5.74, 6) is 0. The first-order chi connectivity index (χ1) is 9.35. The number of aromatic nitrogens is 1. The van der Waals surface area contributed by atoms with E-state index in [2.05, 4.69) is 17.1 Å². The van der Waals surface area contributed by atoms with E-state index in [0.717, 1.165) is 17.7 Å². The smallest absolute Gasteiger partial charge is 0.410 e. The lowest BCUT2D eigenvalue weighted by atomic mass is 10.0. The molecule has 1 aromatic rings. The van der Waals surface area contributed by atoms with Crippen LogP contribution in [0.2, 0.25) is 0 Å². The fourth-order valence-corrected chi connectivity index (χ4v) is 2.05. The van der Waals surface area contributed by atoms with Crippen molar-refractivity contribution in [2.45, 2.75) is 39.7 Å². The Morgan fingerprint density at radius 3 is 2.60 bits per heavy atom. The van der Waals surface area contributed by atoms with E-state index in [0.29, 0.717) is 13.1 Å². The highest BCUT2D eigenvalue weighted by Gasteiger charge is 2.23. The van der Waals surface area contributed by atoms with Crippen LogP contribution in [0.5, 0.6) is 0 Å². The predicted octanol–water partition coefficient (Wildman–Crippen LogP) is 3.41. The summed E-state index contributed by atoms with van der Waals surface area (Å²) in [7, 11) is 0. The Morgan fingerprint density at radius 2 is 2.10 bits per heavy atom. The summed E-state index contributed by atoms with van der Waals surface area (Å²) < 4.78 is 5.38. The van der Waals surface area contributed by atoms with Gasteiger partial charge in [-0.2, -0.15) is 0 Å². The maximum absolute atomic E-state index is 12.0. The second-order valence-electron chi connectivity index (χ2n) is 6.13. The molecule has 1 amide bonds. The largest absolute Gasteiger partial charge is 0.444 e. The predicted molar refractivity (Wildman–Crippen MR) is 79.4 cm³/mol. The van der Waals surface area contributed by atoms with Crippen LogP contribution in [-0.4, -0.2) is 34.7 Å². The summed E-state index contributed by atoms with van der Waals surface area (Å²) in [6, 6.07) is 4.09. The molecule has 0 saturated carbocycles. The third-order valence-electron chi connectivity index (χ3n) is 3.10. The van der Waals surface area contributed by atoms with Gasteiger partial charge in [-0.05, 0) is 51.3 Å².